The fourth-order valence-electron chi connectivity index (χ4n) is 9.33. The quantitative estimate of drug-likeness (QED) is 0.0421. The Morgan fingerprint density at radius 1 is 0.354 bits per heavy atom. The Bertz CT molecular complexity index is 989. The predicted octanol–water partition coefficient (Wildman–Crippen LogP) is 19.6. The van der Waals surface area contributed by atoms with Crippen molar-refractivity contribution < 1.29 is 15.0 Å². The van der Waals surface area contributed by atoms with Gasteiger partial charge in [0, 0.05) is 6.42 Å². The Morgan fingerprint density at radius 3 is 0.892 bits per heavy atom. The van der Waals surface area contributed by atoms with E-state index in [1.54, 1.807) is 6.08 Å². The molecule has 0 aliphatic heterocycles. The molecule has 0 aromatic carbocycles. The summed E-state index contributed by atoms with van der Waals surface area (Å²) in [5, 5.41) is 23.1. The monoisotopic (exact) mass is 912 g/mol. The number of rotatable bonds is 55. The molecule has 0 saturated carbocycles. The smallest absolute Gasteiger partial charge is 0.220 e. The normalized spacial score (nSPS) is 13.0. The van der Waals surface area contributed by atoms with Gasteiger partial charge in [0.1, 0.15) is 0 Å². The van der Waals surface area contributed by atoms with E-state index >= 15 is 0 Å². The first-order valence-electron chi connectivity index (χ1n) is 29.7. The highest BCUT2D eigenvalue weighted by Gasteiger charge is 2.18. The third-order valence-corrected chi connectivity index (χ3v) is 13.9. The highest BCUT2D eigenvalue weighted by atomic mass is 16.3. The molecule has 0 aromatic heterocycles. The molecule has 0 aliphatic rings. The van der Waals surface area contributed by atoms with Crippen molar-refractivity contribution in [2.75, 3.05) is 6.61 Å². The van der Waals surface area contributed by atoms with E-state index in [1.165, 1.54) is 270 Å². The topological polar surface area (TPSA) is 69.6 Å². The first-order valence-corrected chi connectivity index (χ1v) is 29.7. The molecular formula is C61H117NO3. The van der Waals surface area contributed by atoms with Gasteiger partial charge in [-0.3, -0.25) is 4.79 Å². The number of hydrogen-bond donors (Lipinski definition) is 3. The number of amides is 1. The Balaban J connectivity index is 3.43. The second-order valence-corrected chi connectivity index (χ2v) is 20.4. The lowest BCUT2D eigenvalue weighted by Gasteiger charge is -2.19. The van der Waals surface area contributed by atoms with Crippen molar-refractivity contribution in [3.05, 3.63) is 36.5 Å². The second-order valence-electron chi connectivity index (χ2n) is 20.4. The summed E-state index contributed by atoms with van der Waals surface area (Å²) in [7, 11) is 0. The van der Waals surface area contributed by atoms with Gasteiger partial charge < -0.3 is 15.5 Å². The zero-order chi connectivity index (χ0) is 47.0. The van der Waals surface area contributed by atoms with Gasteiger partial charge in [-0.2, -0.15) is 0 Å². The molecule has 0 heterocycles. The van der Waals surface area contributed by atoms with E-state index in [9.17, 15) is 15.0 Å². The zero-order valence-electron chi connectivity index (χ0n) is 44.3. The van der Waals surface area contributed by atoms with Crippen LogP contribution in [0.4, 0.5) is 0 Å². The Morgan fingerprint density at radius 2 is 0.600 bits per heavy atom. The van der Waals surface area contributed by atoms with Gasteiger partial charge in [-0.1, -0.05) is 314 Å². The van der Waals surface area contributed by atoms with E-state index in [2.05, 4.69) is 43.5 Å². The van der Waals surface area contributed by atoms with E-state index in [1.807, 2.05) is 6.08 Å². The molecule has 65 heavy (non-hydrogen) atoms. The molecule has 384 valence electrons. The summed E-state index contributed by atoms with van der Waals surface area (Å²) in [5.74, 6) is -0.0719. The number of unbranched alkanes of at least 4 members (excludes halogenated alkanes) is 44. The minimum Gasteiger partial charge on any atom is -0.394 e. The molecule has 2 unspecified atom stereocenters. The summed E-state index contributed by atoms with van der Waals surface area (Å²) in [6.07, 6.45) is 77.6. The van der Waals surface area contributed by atoms with Crippen LogP contribution in [-0.2, 0) is 4.79 Å². The first-order chi connectivity index (χ1) is 32.2. The van der Waals surface area contributed by atoms with Crippen LogP contribution in [-0.4, -0.2) is 34.9 Å². The number of nitrogens with one attached hydrogen (secondary N) is 1. The second kappa shape index (κ2) is 56.9. The van der Waals surface area contributed by atoms with Gasteiger partial charge in [0.05, 0.1) is 18.8 Å². The van der Waals surface area contributed by atoms with E-state index in [0.717, 1.165) is 38.5 Å². The summed E-state index contributed by atoms with van der Waals surface area (Å²) in [4.78, 5) is 12.5. The number of aliphatic hydroxyl groups excluding tert-OH is 2. The van der Waals surface area contributed by atoms with Crippen LogP contribution in [0.1, 0.15) is 328 Å². The number of allylic oxidation sites excluding steroid dienone is 5. The van der Waals surface area contributed by atoms with Gasteiger partial charge in [0.25, 0.3) is 0 Å². The highest BCUT2D eigenvalue weighted by Crippen LogP contribution is 2.18. The number of carbonyl (C=O) groups is 1. The summed E-state index contributed by atoms with van der Waals surface area (Å²) in [6, 6.07) is -0.644. The maximum Gasteiger partial charge on any atom is 0.220 e. The van der Waals surface area contributed by atoms with Gasteiger partial charge in [0.15, 0.2) is 0 Å². The van der Waals surface area contributed by atoms with Crippen LogP contribution in [0, 0.1) is 0 Å². The maximum atomic E-state index is 12.5. The van der Waals surface area contributed by atoms with Crippen LogP contribution in [0.3, 0.4) is 0 Å². The number of aliphatic hydroxyl groups is 2. The zero-order valence-corrected chi connectivity index (χ0v) is 44.3. The highest BCUT2D eigenvalue weighted by molar-refractivity contribution is 5.76. The summed E-state index contributed by atoms with van der Waals surface area (Å²) in [5.41, 5.74) is 0. The number of carbonyl (C=O) groups excluding carboxylic acids is 1. The molecule has 1 amide bonds. The Labute approximate surface area is 408 Å². The minimum absolute atomic E-state index is 0.0719. The molecule has 0 fully saturated rings. The molecule has 0 aromatic rings. The molecule has 4 nitrogen and oxygen atoms in total. The maximum absolute atomic E-state index is 12.5. The van der Waals surface area contributed by atoms with E-state index < -0.39 is 12.1 Å². The standard InChI is InChI=1S/C61H117NO3/c1-3-5-7-9-11-13-15-17-19-21-23-24-25-26-27-28-29-30-31-32-33-34-35-36-37-38-39-41-43-45-47-49-51-53-55-57-61(65)62-59(58-63)60(64)56-54-52-50-48-46-44-42-40-22-20-18-16-14-12-10-8-6-4-2/h22,40,46,48,54,56,59-60,63-64H,3-21,23-39,41-45,47,49-53,55,57-58H2,1-2H3,(H,62,65)/b40-22+,48-46+,56-54+. The molecule has 0 aliphatic carbocycles. The molecule has 0 saturated heterocycles. The predicted molar refractivity (Wildman–Crippen MR) is 290 cm³/mol. The van der Waals surface area contributed by atoms with Gasteiger partial charge in [0.2, 0.25) is 5.91 Å². The van der Waals surface area contributed by atoms with Crippen molar-refractivity contribution in [1.29, 1.82) is 0 Å². The van der Waals surface area contributed by atoms with Crippen molar-refractivity contribution in [2.45, 2.75) is 341 Å². The third-order valence-electron chi connectivity index (χ3n) is 13.9. The number of hydrogen-bond acceptors (Lipinski definition) is 3. The fourth-order valence-corrected chi connectivity index (χ4v) is 9.33. The van der Waals surface area contributed by atoms with Crippen molar-refractivity contribution in [3.8, 4) is 0 Å². The van der Waals surface area contributed by atoms with Crippen molar-refractivity contribution >= 4 is 5.91 Å². The van der Waals surface area contributed by atoms with Gasteiger partial charge >= 0.3 is 0 Å². The Kier molecular flexibility index (Phi) is 55.7. The van der Waals surface area contributed by atoms with Crippen LogP contribution < -0.4 is 5.32 Å². The molecule has 0 radical (unpaired) electrons. The molecule has 4 heteroatoms. The van der Waals surface area contributed by atoms with Gasteiger partial charge in [-0.25, -0.2) is 0 Å². The average Bonchev–Trinajstić information content (AvgIpc) is 3.31. The van der Waals surface area contributed by atoms with Gasteiger partial charge in [-0.15, -0.1) is 0 Å². The van der Waals surface area contributed by atoms with Crippen LogP contribution in [0.15, 0.2) is 36.5 Å². The SMILES string of the molecule is CCCCCCCCCC/C=C/CC/C=C/CC/C=C/C(O)C(CO)NC(=O)CCCCCCCCCCCCCCCCCCCCCCCCCCCCCCCCCCCCC. The lowest BCUT2D eigenvalue weighted by Crippen LogP contribution is -2.45. The van der Waals surface area contributed by atoms with Crippen LogP contribution in [0.5, 0.6) is 0 Å². The summed E-state index contributed by atoms with van der Waals surface area (Å²) >= 11 is 0. The largest absolute Gasteiger partial charge is 0.394 e. The van der Waals surface area contributed by atoms with Crippen LogP contribution in [0.2, 0.25) is 0 Å². The first kappa shape index (κ1) is 63.6. The average molecular weight is 913 g/mol. The molecule has 2 atom stereocenters. The van der Waals surface area contributed by atoms with E-state index in [0.29, 0.717) is 6.42 Å². The molecule has 0 bridgehead atoms. The molecular weight excluding hydrogens is 795 g/mol. The third kappa shape index (κ3) is 53.4. The fraction of sp³-hybridized carbons (Fsp3) is 0.885. The lowest BCUT2D eigenvalue weighted by molar-refractivity contribution is -0.123. The van der Waals surface area contributed by atoms with Crippen LogP contribution >= 0.6 is 0 Å². The molecule has 3 N–H and O–H groups in total. The van der Waals surface area contributed by atoms with Gasteiger partial charge in [-0.05, 0) is 44.9 Å². The molecule has 0 spiro atoms. The van der Waals surface area contributed by atoms with Crippen molar-refractivity contribution in [3.63, 3.8) is 0 Å². The Hall–Kier alpha value is -1.39. The summed E-state index contributed by atoms with van der Waals surface area (Å²) in [6.45, 7) is 4.32. The van der Waals surface area contributed by atoms with E-state index in [4.69, 9.17) is 0 Å². The van der Waals surface area contributed by atoms with Crippen molar-refractivity contribution in [2.24, 2.45) is 0 Å². The summed E-state index contributed by atoms with van der Waals surface area (Å²) < 4.78 is 0. The molecule has 0 rings (SSSR count). The minimum atomic E-state index is -0.868. The lowest BCUT2D eigenvalue weighted by atomic mass is 10.0. The van der Waals surface area contributed by atoms with E-state index in [-0.39, 0.29) is 12.5 Å². The van der Waals surface area contributed by atoms with Crippen molar-refractivity contribution in [1.82, 2.24) is 5.32 Å². The van der Waals surface area contributed by atoms with Crippen LogP contribution in [0.25, 0.3) is 0 Å².